The van der Waals surface area contributed by atoms with Gasteiger partial charge in [0.05, 0.1) is 5.54 Å². The van der Waals surface area contributed by atoms with Crippen molar-refractivity contribution in [3.63, 3.8) is 0 Å². The Hall–Kier alpha value is -3.36. The Balaban J connectivity index is 1.88. The second kappa shape index (κ2) is 9.02. The van der Waals surface area contributed by atoms with Crippen molar-refractivity contribution in [2.24, 2.45) is 7.05 Å². The summed E-state index contributed by atoms with van der Waals surface area (Å²) in [6, 6.07) is 5.44. The molecule has 2 heterocycles. The zero-order chi connectivity index (χ0) is 23.6. The zero-order valence-corrected chi connectivity index (χ0v) is 19.3. The fourth-order valence-electron chi connectivity index (χ4n) is 2.87. The molecule has 0 fully saturated rings. The molecule has 3 rings (SSSR count). The lowest BCUT2D eigenvalue weighted by Crippen LogP contribution is -2.46. The molecule has 168 valence electrons. The number of carbonyl (C=O) groups excluding carboxylic acids is 2. The van der Waals surface area contributed by atoms with Gasteiger partial charge in [0, 0.05) is 36.2 Å². The average molecular weight is 556 g/mol. The number of nitrogens with one attached hydrogen (secondary N) is 2. The molecule has 0 bridgehead atoms. The van der Waals surface area contributed by atoms with Gasteiger partial charge in [-0.05, 0) is 31.5 Å². The molecule has 2 amide bonds. The number of carbonyl (C=O) groups is 2. The molecule has 2 aromatic heterocycles. The van der Waals surface area contributed by atoms with E-state index in [0.29, 0.717) is 5.56 Å². The molecule has 0 atom stereocenters. The molecule has 32 heavy (non-hydrogen) atoms. The first-order chi connectivity index (χ1) is 15.0. The fourth-order valence-corrected chi connectivity index (χ4v) is 3.18. The van der Waals surface area contributed by atoms with Gasteiger partial charge < -0.3 is 20.2 Å². The van der Waals surface area contributed by atoms with E-state index in [1.807, 2.05) is 0 Å². The molecule has 3 N–H and O–H groups in total. The van der Waals surface area contributed by atoms with E-state index in [-0.39, 0.29) is 22.2 Å². The van der Waals surface area contributed by atoms with Gasteiger partial charge in [-0.1, -0.05) is 12.1 Å². The molecule has 0 unspecified atom stereocenters. The lowest BCUT2D eigenvalue weighted by molar-refractivity contribution is 0.0869. The minimum atomic E-state index is -1.27. The molecule has 0 spiro atoms. The quantitative estimate of drug-likeness (QED) is 0.384. The largest absolute Gasteiger partial charge is 0.501 e. The summed E-state index contributed by atoms with van der Waals surface area (Å²) in [5.41, 5.74) is -2.06. The topological polar surface area (TPSA) is 152 Å². The van der Waals surface area contributed by atoms with E-state index in [1.165, 1.54) is 31.3 Å². The second-order valence-corrected chi connectivity index (χ2v) is 8.17. The van der Waals surface area contributed by atoms with Gasteiger partial charge in [0.1, 0.15) is 11.6 Å². The first-order valence-corrected chi connectivity index (χ1v) is 10.2. The first-order valence-electron chi connectivity index (χ1n) is 9.14. The Morgan fingerprint density at radius 3 is 2.47 bits per heavy atom. The highest BCUT2D eigenvalue weighted by Crippen LogP contribution is 2.20. The van der Waals surface area contributed by atoms with Gasteiger partial charge in [-0.3, -0.25) is 19.0 Å². The van der Waals surface area contributed by atoms with Crippen molar-refractivity contribution in [1.29, 1.82) is 0 Å². The van der Waals surface area contributed by atoms with Crippen LogP contribution in [-0.2, 0) is 19.1 Å². The van der Waals surface area contributed by atoms with Crippen molar-refractivity contribution in [2.45, 2.75) is 25.9 Å². The van der Waals surface area contributed by atoms with Gasteiger partial charge in [0.15, 0.2) is 5.69 Å². The predicted molar refractivity (Wildman–Crippen MR) is 116 cm³/mol. The number of nitrogens with zero attached hydrogens (tertiary/aromatic N) is 4. The van der Waals surface area contributed by atoms with Crippen LogP contribution in [0.3, 0.4) is 0 Å². The van der Waals surface area contributed by atoms with Crippen molar-refractivity contribution in [2.75, 3.05) is 0 Å². The third-order valence-electron chi connectivity index (χ3n) is 4.43. The zero-order valence-electron chi connectivity index (χ0n) is 17.1. The Bertz CT molecular complexity index is 1240. The Morgan fingerprint density at radius 1 is 1.22 bits per heavy atom. The summed E-state index contributed by atoms with van der Waals surface area (Å²) < 4.78 is 19.3. The van der Waals surface area contributed by atoms with Crippen LogP contribution in [-0.4, -0.2) is 36.7 Å². The highest BCUT2D eigenvalue weighted by Gasteiger charge is 2.32. The van der Waals surface area contributed by atoms with E-state index < -0.39 is 40.2 Å². The van der Waals surface area contributed by atoms with Crippen molar-refractivity contribution >= 4 is 34.4 Å². The van der Waals surface area contributed by atoms with Gasteiger partial charge in [-0.25, -0.2) is 9.37 Å². The maximum absolute atomic E-state index is 13.0. The number of aromatic hydroxyl groups is 1. The van der Waals surface area contributed by atoms with Crippen LogP contribution >= 0.6 is 22.6 Å². The van der Waals surface area contributed by atoms with Crippen molar-refractivity contribution in [1.82, 2.24) is 30.4 Å². The average Bonchev–Trinajstić information content (AvgIpc) is 3.17. The fraction of sp³-hybridized carbons (Fsp3) is 0.263. The van der Waals surface area contributed by atoms with Crippen LogP contribution in [0.25, 0.3) is 0 Å². The molecule has 1 aromatic carbocycles. The van der Waals surface area contributed by atoms with E-state index in [0.717, 1.165) is 4.57 Å². The second-order valence-electron chi connectivity index (χ2n) is 7.25. The molecule has 13 heteroatoms. The minimum Gasteiger partial charge on any atom is -0.501 e. The third-order valence-corrected chi connectivity index (χ3v) is 4.86. The summed E-state index contributed by atoms with van der Waals surface area (Å²) in [5.74, 6) is -3.09. The van der Waals surface area contributed by atoms with Crippen LogP contribution in [0.2, 0.25) is 0 Å². The summed E-state index contributed by atoms with van der Waals surface area (Å²) >= 11 is 1.75. The van der Waals surface area contributed by atoms with E-state index in [9.17, 15) is 23.9 Å². The number of benzene rings is 1. The van der Waals surface area contributed by atoms with Crippen molar-refractivity contribution < 1.29 is 23.5 Å². The molecule has 0 aliphatic carbocycles. The van der Waals surface area contributed by atoms with E-state index in [4.69, 9.17) is 4.42 Å². The predicted octanol–water partition coefficient (Wildman–Crippen LogP) is 1.21. The number of amides is 2. The van der Waals surface area contributed by atoms with Crippen molar-refractivity contribution in [3.8, 4) is 5.75 Å². The Kier molecular flexibility index (Phi) is 6.57. The van der Waals surface area contributed by atoms with Crippen LogP contribution in [0.1, 0.15) is 46.4 Å². The Labute approximate surface area is 194 Å². The standard InChI is InChI=1S/C19H18FIN6O5/c1-19(2,24-14(30)15-25-26-18(21)32-15)17-23-11(12(28)16(31)27(17)3)13(29)22-8-9-4-6-10(20)7-5-9/h4-7,28H,8H2,1-3H3,(H,22,29)(H,24,30). The summed E-state index contributed by atoms with van der Waals surface area (Å²) in [5, 5.41) is 22.5. The molecule has 0 aliphatic heterocycles. The lowest BCUT2D eigenvalue weighted by atomic mass is 10.0. The minimum absolute atomic E-state index is 0.00482. The number of hydrogen-bond acceptors (Lipinski definition) is 8. The Morgan fingerprint density at radius 2 is 1.88 bits per heavy atom. The van der Waals surface area contributed by atoms with E-state index >= 15 is 0 Å². The number of rotatable bonds is 6. The van der Waals surface area contributed by atoms with Crippen LogP contribution < -0.4 is 16.2 Å². The van der Waals surface area contributed by atoms with Gasteiger partial charge in [0.25, 0.3) is 15.4 Å². The maximum Gasteiger partial charge on any atom is 0.309 e. The summed E-state index contributed by atoms with van der Waals surface area (Å²) in [6.07, 6.45) is 0. The third kappa shape index (κ3) is 4.92. The monoisotopic (exact) mass is 556 g/mol. The molecule has 0 saturated heterocycles. The highest BCUT2D eigenvalue weighted by atomic mass is 127. The van der Waals surface area contributed by atoms with Gasteiger partial charge in [-0.15, -0.1) is 10.2 Å². The lowest BCUT2D eigenvalue weighted by Gasteiger charge is -2.27. The van der Waals surface area contributed by atoms with Gasteiger partial charge >= 0.3 is 11.8 Å². The molecule has 11 nitrogen and oxygen atoms in total. The van der Waals surface area contributed by atoms with E-state index in [2.05, 4.69) is 25.8 Å². The summed E-state index contributed by atoms with van der Waals surface area (Å²) in [7, 11) is 1.34. The normalized spacial score (nSPS) is 11.3. The van der Waals surface area contributed by atoms with Gasteiger partial charge in [-0.2, -0.15) is 0 Å². The first kappa shape index (κ1) is 23.3. The molecular formula is C19H18FIN6O5. The van der Waals surface area contributed by atoms with Crippen LogP contribution in [0.15, 0.2) is 33.5 Å². The highest BCUT2D eigenvalue weighted by molar-refractivity contribution is 14.1. The summed E-state index contributed by atoms with van der Waals surface area (Å²) in [6.45, 7) is 3.11. The maximum atomic E-state index is 13.0. The number of halogens is 2. The summed E-state index contributed by atoms with van der Waals surface area (Å²) in [4.78, 5) is 41.7. The molecule has 0 radical (unpaired) electrons. The van der Waals surface area contributed by atoms with E-state index in [1.54, 1.807) is 36.4 Å². The molecule has 0 aliphatic rings. The van der Waals surface area contributed by atoms with Crippen LogP contribution in [0, 0.1) is 9.71 Å². The van der Waals surface area contributed by atoms with Crippen molar-refractivity contribution in [3.05, 3.63) is 67.3 Å². The molecular weight excluding hydrogens is 538 g/mol. The van der Waals surface area contributed by atoms with Gasteiger partial charge in [0.2, 0.25) is 5.75 Å². The molecule has 0 saturated carbocycles. The smallest absolute Gasteiger partial charge is 0.309 e. The number of hydrogen-bond donors (Lipinski definition) is 3. The van der Waals surface area contributed by atoms with Crippen LogP contribution in [0.5, 0.6) is 5.75 Å². The molecule has 3 aromatic rings. The number of aromatic nitrogens is 4. The van der Waals surface area contributed by atoms with Crippen LogP contribution in [0.4, 0.5) is 4.39 Å². The SMILES string of the molecule is Cn1c(C(C)(C)NC(=O)c2nnc(I)o2)nc(C(=O)NCc2ccc(F)cc2)c(O)c1=O.